The number of pyridine rings is 2. The van der Waals surface area contributed by atoms with Crippen LogP contribution in [-0.4, -0.2) is 33.7 Å². The lowest BCUT2D eigenvalue weighted by Crippen LogP contribution is -2.09. The molecule has 0 aliphatic heterocycles. The molecule has 11 heteroatoms. The second-order valence-electron chi connectivity index (χ2n) is 6.09. The van der Waals surface area contributed by atoms with Crippen LogP contribution < -0.4 is 0 Å². The molecular formula is C17H13F3N4O2S2. The Labute approximate surface area is 161 Å². The highest BCUT2D eigenvalue weighted by Crippen LogP contribution is 2.36. The molecular weight excluding hydrogens is 413 g/mol. The molecule has 0 fully saturated rings. The fourth-order valence-electron chi connectivity index (χ4n) is 2.99. The Bertz CT molecular complexity index is 1320. The molecule has 146 valence electrons. The SMILES string of the molecule is CCS(=O)(=O)c1c(-c2nc3cc(C(F)(F)F)ncc3n2C)ncc2sccc12. The molecule has 0 bridgehead atoms. The number of alkyl halides is 3. The first-order chi connectivity index (χ1) is 13.1. The van der Waals surface area contributed by atoms with Gasteiger partial charge in [0.25, 0.3) is 0 Å². The van der Waals surface area contributed by atoms with Gasteiger partial charge in [0.1, 0.15) is 16.3 Å². The van der Waals surface area contributed by atoms with Crippen molar-refractivity contribution in [2.24, 2.45) is 7.05 Å². The van der Waals surface area contributed by atoms with E-state index in [1.165, 1.54) is 22.8 Å². The molecule has 0 aliphatic rings. The number of nitrogens with zero attached hydrogens (tertiary/aromatic N) is 4. The van der Waals surface area contributed by atoms with Crippen LogP contribution in [-0.2, 0) is 23.1 Å². The summed E-state index contributed by atoms with van der Waals surface area (Å²) in [5.74, 6) is 0.0247. The smallest absolute Gasteiger partial charge is 0.324 e. The first kappa shape index (κ1) is 18.8. The van der Waals surface area contributed by atoms with Crippen molar-refractivity contribution >= 4 is 42.3 Å². The fourth-order valence-corrected chi connectivity index (χ4v) is 5.06. The second kappa shape index (κ2) is 6.24. The van der Waals surface area contributed by atoms with Crippen molar-refractivity contribution in [1.29, 1.82) is 0 Å². The van der Waals surface area contributed by atoms with Crippen LogP contribution in [0.5, 0.6) is 0 Å². The van der Waals surface area contributed by atoms with Crippen LogP contribution in [0.3, 0.4) is 0 Å². The molecule has 4 heterocycles. The summed E-state index contributed by atoms with van der Waals surface area (Å²) in [4.78, 5) is 12.0. The second-order valence-corrected chi connectivity index (χ2v) is 9.25. The van der Waals surface area contributed by atoms with Crippen LogP contribution in [0.2, 0.25) is 0 Å². The minimum Gasteiger partial charge on any atom is -0.324 e. The Morgan fingerprint density at radius 3 is 2.64 bits per heavy atom. The number of hydrogen-bond acceptors (Lipinski definition) is 6. The van der Waals surface area contributed by atoms with E-state index in [0.29, 0.717) is 15.6 Å². The lowest BCUT2D eigenvalue weighted by Gasteiger charge is -2.10. The molecule has 0 unspecified atom stereocenters. The monoisotopic (exact) mass is 426 g/mol. The van der Waals surface area contributed by atoms with Crippen molar-refractivity contribution < 1.29 is 21.6 Å². The van der Waals surface area contributed by atoms with Crippen LogP contribution >= 0.6 is 11.3 Å². The molecule has 4 rings (SSSR count). The predicted octanol–water partition coefficient (Wildman–Crippen LogP) is 4.06. The lowest BCUT2D eigenvalue weighted by molar-refractivity contribution is -0.141. The molecule has 0 amide bonds. The minimum absolute atomic E-state index is 0.0381. The van der Waals surface area contributed by atoms with Crippen molar-refractivity contribution in [2.45, 2.75) is 18.0 Å². The van der Waals surface area contributed by atoms with Gasteiger partial charge in [0.15, 0.2) is 15.7 Å². The fraction of sp³-hybridized carbons (Fsp3) is 0.235. The highest BCUT2D eigenvalue weighted by atomic mass is 32.2. The number of halogens is 3. The molecule has 0 radical (unpaired) electrons. The van der Waals surface area contributed by atoms with E-state index in [9.17, 15) is 21.6 Å². The van der Waals surface area contributed by atoms with Crippen LogP contribution in [0.1, 0.15) is 12.6 Å². The standard InChI is InChI=1S/C17H13F3N4O2S2/c1-3-28(25,26)15-9-4-5-27-12(9)8-22-14(15)16-23-10-6-13(17(18,19)20)21-7-11(10)24(16)2/h4-8H,3H2,1-2H3. The van der Waals surface area contributed by atoms with Gasteiger partial charge in [-0.2, -0.15) is 13.2 Å². The number of hydrogen-bond donors (Lipinski definition) is 0. The molecule has 0 saturated carbocycles. The molecule has 0 saturated heterocycles. The third-order valence-electron chi connectivity index (χ3n) is 4.43. The zero-order valence-corrected chi connectivity index (χ0v) is 16.3. The summed E-state index contributed by atoms with van der Waals surface area (Å²) in [5, 5.41) is 2.29. The van der Waals surface area contributed by atoms with E-state index in [1.807, 2.05) is 0 Å². The van der Waals surface area contributed by atoms with Crippen molar-refractivity contribution in [1.82, 2.24) is 19.5 Å². The topological polar surface area (TPSA) is 77.7 Å². The van der Waals surface area contributed by atoms with E-state index in [-0.39, 0.29) is 27.7 Å². The summed E-state index contributed by atoms with van der Waals surface area (Å²) >= 11 is 1.36. The Morgan fingerprint density at radius 1 is 1.21 bits per heavy atom. The Morgan fingerprint density at radius 2 is 1.96 bits per heavy atom. The van der Waals surface area contributed by atoms with Gasteiger partial charge in [-0.25, -0.2) is 18.4 Å². The summed E-state index contributed by atoms with van der Waals surface area (Å²) in [5.41, 5.74) is -0.547. The van der Waals surface area contributed by atoms with Gasteiger partial charge in [-0.3, -0.25) is 4.98 Å². The van der Waals surface area contributed by atoms with Crippen LogP contribution in [0.15, 0.2) is 34.8 Å². The average molecular weight is 426 g/mol. The van der Waals surface area contributed by atoms with Crippen molar-refractivity contribution in [2.75, 3.05) is 5.75 Å². The highest BCUT2D eigenvalue weighted by Gasteiger charge is 2.33. The summed E-state index contributed by atoms with van der Waals surface area (Å²) in [6.45, 7) is 1.53. The largest absolute Gasteiger partial charge is 0.433 e. The third kappa shape index (κ3) is 2.85. The first-order valence-corrected chi connectivity index (χ1v) is 10.7. The van der Waals surface area contributed by atoms with Gasteiger partial charge in [0.2, 0.25) is 0 Å². The third-order valence-corrected chi connectivity index (χ3v) is 7.07. The van der Waals surface area contributed by atoms with Gasteiger partial charge in [-0.05, 0) is 17.5 Å². The quantitative estimate of drug-likeness (QED) is 0.494. The van der Waals surface area contributed by atoms with E-state index in [1.54, 1.807) is 24.7 Å². The summed E-state index contributed by atoms with van der Waals surface area (Å²) in [7, 11) is -2.08. The average Bonchev–Trinajstić information content (AvgIpc) is 3.24. The number of fused-ring (bicyclic) bond motifs is 2. The number of aryl methyl sites for hydroxylation is 1. The molecule has 0 N–H and O–H groups in total. The Kier molecular flexibility index (Phi) is 4.19. The Hall–Kier alpha value is -2.53. The van der Waals surface area contributed by atoms with Gasteiger partial charge in [0.05, 0.1) is 27.7 Å². The summed E-state index contributed by atoms with van der Waals surface area (Å²) in [6, 6.07) is 2.54. The zero-order chi connectivity index (χ0) is 20.3. The summed E-state index contributed by atoms with van der Waals surface area (Å²) < 4.78 is 66.7. The maximum atomic E-state index is 13.0. The molecule has 0 aliphatic carbocycles. The maximum absolute atomic E-state index is 13.0. The number of rotatable bonds is 3. The molecule has 6 nitrogen and oxygen atoms in total. The lowest BCUT2D eigenvalue weighted by atomic mass is 10.2. The van der Waals surface area contributed by atoms with Gasteiger partial charge in [-0.1, -0.05) is 6.92 Å². The van der Waals surface area contributed by atoms with Crippen LogP contribution in [0.4, 0.5) is 13.2 Å². The first-order valence-electron chi connectivity index (χ1n) is 8.12. The number of aromatic nitrogens is 4. The molecule has 28 heavy (non-hydrogen) atoms. The Balaban J connectivity index is 2.04. The van der Waals surface area contributed by atoms with Crippen molar-refractivity contribution in [3.8, 4) is 11.5 Å². The van der Waals surface area contributed by atoms with Crippen LogP contribution in [0, 0.1) is 0 Å². The maximum Gasteiger partial charge on any atom is 0.433 e. The van der Waals surface area contributed by atoms with Crippen molar-refractivity contribution in [3.05, 3.63) is 35.6 Å². The molecule has 0 aromatic carbocycles. The van der Waals surface area contributed by atoms with E-state index < -0.39 is 21.7 Å². The van der Waals surface area contributed by atoms with Crippen molar-refractivity contribution in [3.63, 3.8) is 0 Å². The van der Waals surface area contributed by atoms with E-state index in [0.717, 1.165) is 12.3 Å². The van der Waals surface area contributed by atoms with Gasteiger partial charge >= 0.3 is 6.18 Å². The van der Waals surface area contributed by atoms with Crippen LogP contribution in [0.25, 0.3) is 32.6 Å². The number of thiophene rings is 1. The molecule has 4 aromatic heterocycles. The van der Waals surface area contributed by atoms with Gasteiger partial charge in [0, 0.05) is 18.6 Å². The molecule has 4 aromatic rings. The number of imidazole rings is 1. The normalized spacial score (nSPS) is 12.9. The predicted molar refractivity (Wildman–Crippen MR) is 99.9 cm³/mol. The highest BCUT2D eigenvalue weighted by molar-refractivity contribution is 7.91. The van der Waals surface area contributed by atoms with Gasteiger partial charge < -0.3 is 4.57 Å². The van der Waals surface area contributed by atoms with E-state index in [2.05, 4.69) is 15.0 Å². The van der Waals surface area contributed by atoms with E-state index >= 15 is 0 Å². The number of sulfone groups is 1. The summed E-state index contributed by atoms with van der Waals surface area (Å²) in [6.07, 6.45) is -1.98. The molecule has 0 spiro atoms. The van der Waals surface area contributed by atoms with Gasteiger partial charge in [-0.15, -0.1) is 11.3 Å². The minimum atomic E-state index is -4.60. The zero-order valence-electron chi connectivity index (χ0n) is 14.6. The van der Waals surface area contributed by atoms with E-state index in [4.69, 9.17) is 0 Å². The molecule has 0 atom stereocenters.